The Balaban J connectivity index is 1.58. The van der Waals surface area contributed by atoms with E-state index in [9.17, 15) is 35.9 Å². The lowest BCUT2D eigenvalue weighted by molar-refractivity contribution is -0.139. The van der Waals surface area contributed by atoms with E-state index >= 15 is 0 Å². The highest BCUT2D eigenvalue weighted by molar-refractivity contribution is 5.97. The van der Waals surface area contributed by atoms with Gasteiger partial charge in [0.15, 0.2) is 0 Å². The first-order chi connectivity index (χ1) is 16.4. The Labute approximate surface area is 194 Å². The molecule has 4 aromatic rings. The first-order valence-corrected chi connectivity index (χ1v) is 10.3. The van der Waals surface area contributed by atoms with E-state index in [0.717, 1.165) is 16.7 Å². The monoisotopic (exact) mass is 493 g/mol. The van der Waals surface area contributed by atoms with Gasteiger partial charge >= 0.3 is 18.0 Å². The number of aromatic nitrogens is 2. The second kappa shape index (κ2) is 8.97. The topological polar surface area (TPSA) is 66.9 Å². The van der Waals surface area contributed by atoms with Crippen molar-refractivity contribution >= 4 is 16.9 Å². The number of nitrogens with one attached hydrogen (secondary N) is 2. The Bertz CT molecular complexity index is 1450. The second-order valence-electron chi connectivity index (χ2n) is 7.74. The Hall–Kier alpha value is -4.02. The summed E-state index contributed by atoms with van der Waals surface area (Å²) in [5, 5.41) is 2.42. The number of carbonyl (C=O) groups excluding carboxylic acids is 1. The molecule has 4 rings (SSSR count). The zero-order valence-electron chi connectivity index (χ0n) is 17.8. The van der Waals surface area contributed by atoms with Gasteiger partial charge in [-0.1, -0.05) is 36.4 Å². The fourth-order valence-electron chi connectivity index (χ4n) is 3.80. The van der Waals surface area contributed by atoms with Crippen LogP contribution in [0.4, 0.5) is 26.3 Å². The normalized spacial score (nSPS) is 12.2. The van der Waals surface area contributed by atoms with Crippen molar-refractivity contribution in [2.24, 2.45) is 0 Å². The Kier molecular flexibility index (Phi) is 6.18. The summed E-state index contributed by atoms with van der Waals surface area (Å²) in [5.41, 5.74) is -2.09. The lowest BCUT2D eigenvalue weighted by Gasteiger charge is -2.13. The van der Waals surface area contributed by atoms with Crippen LogP contribution in [0, 0.1) is 0 Å². The van der Waals surface area contributed by atoms with Crippen LogP contribution >= 0.6 is 0 Å². The third-order valence-electron chi connectivity index (χ3n) is 5.45. The number of halogens is 6. The number of H-pyrrole nitrogens is 1. The number of fused-ring (bicyclic) bond motifs is 1. The number of carbonyl (C=O) groups is 1. The third kappa shape index (κ3) is 5.08. The molecule has 0 aliphatic rings. The van der Waals surface area contributed by atoms with Crippen LogP contribution in [0.25, 0.3) is 11.0 Å². The minimum absolute atomic E-state index is 0.0612. The summed E-state index contributed by atoms with van der Waals surface area (Å²) in [5.74, 6) is -0.681. The predicted octanol–water partition coefficient (Wildman–Crippen LogP) is 5.35. The van der Waals surface area contributed by atoms with Crippen molar-refractivity contribution in [3.63, 3.8) is 0 Å². The van der Waals surface area contributed by atoms with E-state index in [1.165, 1.54) is 54.6 Å². The summed E-state index contributed by atoms with van der Waals surface area (Å²) in [7, 11) is 0. The lowest BCUT2D eigenvalue weighted by Crippen LogP contribution is -2.24. The summed E-state index contributed by atoms with van der Waals surface area (Å²) in [4.78, 5) is 27.5. The molecule has 0 aliphatic heterocycles. The van der Waals surface area contributed by atoms with Crippen LogP contribution in [0.3, 0.4) is 0 Å². The molecule has 35 heavy (non-hydrogen) atoms. The van der Waals surface area contributed by atoms with Crippen molar-refractivity contribution in [2.75, 3.05) is 0 Å². The molecule has 0 atom stereocenters. The van der Waals surface area contributed by atoms with Gasteiger partial charge in [-0.05, 0) is 41.5 Å². The van der Waals surface area contributed by atoms with Crippen LogP contribution in [0.5, 0.6) is 0 Å². The minimum atomic E-state index is -4.59. The minimum Gasteiger partial charge on any atom is -0.348 e. The van der Waals surface area contributed by atoms with Gasteiger partial charge in [0.1, 0.15) is 0 Å². The molecule has 0 saturated heterocycles. The van der Waals surface area contributed by atoms with Crippen molar-refractivity contribution in [3.8, 4) is 0 Å². The number of benzene rings is 3. The molecule has 0 fully saturated rings. The number of rotatable bonds is 5. The zero-order chi connectivity index (χ0) is 25.4. The van der Waals surface area contributed by atoms with Gasteiger partial charge in [0, 0.05) is 12.1 Å². The van der Waals surface area contributed by atoms with Crippen molar-refractivity contribution in [1.29, 1.82) is 0 Å². The Morgan fingerprint density at radius 3 is 2.03 bits per heavy atom. The summed E-state index contributed by atoms with van der Waals surface area (Å²) >= 11 is 0. The first kappa shape index (κ1) is 24.1. The largest absolute Gasteiger partial charge is 0.416 e. The number of imidazole rings is 1. The van der Waals surface area contributed by atoms with E-state index in [4.69, 9.17) is 0 Å². The first-order valence-electron chi connectivity index (χ1n) is 10.3. The van der Waals surface area contributed by atoms with Crippen molar-refractivity contribution in [1.82, 2.24) is 14.9 Å². The number of hydrogen-bond acceptors (Lipinski definition) is 2. The standard InChI is InChI=1S/C24H17F6N3O2/c25-23(26,27)17-7-3-1-5-15(17)12-31-21(34)14-9-10-20-19(11-14)32-22(35)33(20)13-16-6-2-4-8-18(16)24(28,29)30/h1-11H,12-13H2,(H,31,34)(H,32,35). The van der Waals surface area contributed by atoms with Gasteiger partial charge in [0.05, 0.1) is 28.7 Å². The molecule has 0 unspecified atom stereocenters. The molecule has 0 aliphatic carbocycles. The number of hydrogen-bond donors (Lipinski definition) is 2. The number of alkyl halides is 6. The molecule has 5 nitrogen and oxygen atoms in total. The van der Waals surface area contributed by atoms with Crippen LogP contribution in [0.15, 0.2) is 71.5 Å². The molecule has 182 valence electrons. The highest BCUT2D eigenvalue weighted by atomic mass is 19.4. The van der Waals surface area contributed by atoms with Crippen molar-refractivity contribution in [3.05, 3.63) is 105 Å². The fraction of sp³-hybridized carbons (Fsp3) is 0.167. The second-order valence-corrected chi connectivity index (χ2v) is 7.74. The summed E-state index contributed by atoms with van der Waals surface area (Å²) in [6.07, 6.45) is -9.17. The van der Waals surface area contributed by atoms with Crippen LogP contribution in [0.2, 0.25) is 0 Å². The maximum atomic E-state index is 13.3. The zero-order valence-corrected chi connectivity index (χ0v) is 17.8. The third-order valence-corrected chi connectivity index (χ3v) is 5.45. The van der Waals surface area contributed by atoms with Gasteiger partial charge in [-0.3, -0.25) is 9.36 Å². The van der Waals surface area contributed by atoms with E-state index in [0.29, 0.717) is 0 Å². The van der Waals surface area contributed by atoms with E-state index in [1.807, 2.05) is 0 Å². The van der Waals surface area contributed by atoms with Crippen molar-refractivity contribution < 1.29 is 31.1 Å². The molecule has 0 saturated carbocycles. The van der Waals surface area contributed by atoms with Gasteiger partial charge in [-0.15, -0.1) is 0 Å². The van der Waals surface area contributed by atoms with E-state index in [1.54, 1.807) is 0 Å². The van der Waals surface area contributed by atoms with Gasteiger partial charge in [-0.2, -0.15) is 26.3 Å². The van der Waals surface area contributed by atoms with Gasteiger partial charge in [0.25, 0.3) is 5.91 Å². The van der Waals surface area contributed by atoms with Crippen LogP contribution in [-0.2, 0) is 25.4 Å². The molecular formula is C24H17F6N3O2. The smallest absolute Gasteiger partial charge is 0.348 e. The molecule has 0 radical (unpaired) electrons. The molecule has 0 spiro atoms. The highest BCUT2D eigenvalue weighted by Gasteiger charge is 2.34. The molecule has 11 heteroatoms. The maximum absolute atomic E-state index is 13.3. The average Bonchev–Trinajstić information content (AvgIpc) is 3.11. The molecule has 1 amide bonds. The molecule has 3 aromatic carbocycles. The number of aromatic amines is 1. The van der Waals surface area contributed by atoms with Crippen LogP contribution in [0.1, 0.15) is 32.6 Å². The Morgan fingerprint density at radius 2 is 1.40 bits per heavy atom. The summed E-state index contributed by atoms with van der Waals surface area (Å²) in [6, 6.07) is 13.8. The lowest BCUT2D eigenvalue weighted by atomic mass is 10.1. The summed E-state index contributed by atoms with van der Waals surface area (Å²) < 4.78 is 80.5. The number of amides is 1. The van der Waals surface area contributed by atoms with E-state index < -0.39 is 35.1 Å². The van der Waals surface area contributed by atoms with Gasteiger partial charge < -0.3 is 10.3 Å². The molecule has 1 heterocycles. The predicted molar refractivity (Wildman–Crippen MR) is 116 cm³/mol. The maximum Gasteiger partial charge on any atom is 0.416 e. The molecular weight excluding hydrogens is 476 g/mol. The Morgan fingerprint density at radius 1 is 0.829 bits per heavy atom. The van der Waals surface area contributed by atoms with Crippen LogP contribution < -0.4 is 11.0 Å². The molecule has 1 aromatic heterocycles. The molecule has 2 N–H and O–H groups in total. The van der Waals surface area contributed by atoms with Crippen LogP contribution in [-0.4, -0.2) is 15.5 Å². The fourth-order valence-corrected chi connectivity index (χ4v) is 3.80. The van der Waals surface area contributed by atoms with E-state index in [-0.39, 0.29) is 40.8 Å². The summed E-state index contributed by atoms with van der Waals surface area (Å²) in [6.45, 7) is -0.730. The number of nitrogens with zero attached hydrogens (tertiary/aromatic N) is 1. The average molecular weight is 493 g/mol. The van der Waals surface area contributed by atoms with Crippen molar-refractivity contribution in [2.45, 2.75) is 25.4 Å². The SMILES string of the molecule is O=C(NCc1ccccc1C(F)(F)F)c1ccc2c(c1)[nH]c(=O)n2Cc1ccccc1C(F)(F)F. The quantitative estimate of drug-likeness (QED) is 0.369. The van der Waals surface area contributed by atoms with E-state index in [2.05, 4.69) is 10.3 Å². The van der Waals surface area contributed by atoms with Gasteiger partial charge in [0.2, 0.25) is 0 Å². The highest BCUT2D eigenvalue weighted by Crippen LogP contribution is 2.33. The molecule has 0 bridgehead atoms. The van der Waals surface area contributed by atoms with Gasteiger partial charge in [-0.25, -0.2) is 4.79 Å².